The Kier molecular flexibility index (Phi) is 5.98. The number of hydrogen-bond donors (Lipinski definition) is 1. The molecular weight excluding hydrogens is 424 g/mol. The summed E-state index contributed by atoms with van der Waals surface area (Å²) in [7, 11) is 0. The SMILES string of the molecule is OC1(c2ccccn2)CCN(CCOc2ccc(Oc3nc4ncccc4s3)cc2)CC1. The molecule has 164 valence electrons. The van der Waals surface area contributed by atoms with Gasteiger partial charge in [-0.15, -0.1) is 0 Å². The molecule has 0 unspecified atom stereocenters. The van der Waals surface area contributed by atoms with Gasteiger partial charge in [0.15, 0.2) is 5.65 Å². The molecule has 0 aliphatic carbocycles. The summed E-state index contributed by atoms with van der Waals surface area (Å²) in [6, 6.07) is 17.1. The van der Waals surface area contributed by atoms with E-state index in [-0.39, 0.29) is 0 Å². The summed E-state index contributed by atoms with van der Waals surface area (Å²) in [4.78, 5) is 15.3. The third-order valence-electron chi connectivity index (χ3n) is 5.68. The lowest BCUT2D eigenvalue weighted by atomic mass is 9.88. The van der Waals surface area contributed by atoms with E-state index in [2.05, 4.69) is 19.9 Å². The van der Waals surface area contributed by atoms with E-state index in [1.807, 2.05) is 54.6 Å². The van der Waals surface area contributed by atoms with Crippen LogP contribution in [0.3, 0.4) is 0 Å². The minimum absolute atomic E-state index is 0.572. The van der Waals surface area contributed by atoms with Crippen LogP contribution in [0.2, 0.25) is 0 Å². The lowest BCUT2D eigenvalue weighted by Crippen LogP contribution is -2.44. The van der Waals surface area contributed by atoms with Crippen molar-refractivity contribution in [3.8, 4) is 16.7 Å². The number of benzene rings is 1. The van der Waals surface area contributed by atoms with E-state index < -0.39 is 5.60 Å². The zero-order chi connectivity index (χ0) is 21.8. The maximum absolute atomic E-state index is 10.9. The number of fused-ring (bicyclic) bond motifs is 1. The second-order valence-electron chi connectivity index (χ2n) is 7.82. The zero-order valence-electron chi connectivity index (χ0n) is 17.6. The Hall–Kier alpha value is -3.07. The molecule has 1 fully saturated rings. The Morgan fingerprint density at radius 1 is 0.938 bits per heavy atom. The van der Waals surface area contributed by atoms with E-state index >= 15 is 0 Å². The van der Waals surface area contributed by atoms with Crippen LogP contribution in [0.1, 0.15) is 18.5 Å². The highest BCUT2D eigenvalue weighted by Gasteiger charge is 2.34. The van der Waals surface area contributed by atoms with Crippen LogP contribution < -0.4 is 9.47 Å². The smallest absolute Gasteiger partial charge is 0.281 e. The molecule has 8 heteroatoms. The number of aliphatic hydroxyl groups is 1. The van der Waals surface area contributed by atoms with E-state index in [0.29, 0.717) is 36.0 Å². The highest BCUT2D eigenvalue weighted by molar-refractivity contribution is 7.20. The van der Waals surface area contributed by atoms with E-state index in [1.54, 1.807) is 12.4 Å². The maximum atomic E-state index is 10.9. The standard InChI is InChI=1S/C24H24N4O3S/c29-24(21-5-1-2-12-25-21)10-14-28(15-11-24)16-17-30-18-6-8-19(9-7-18)31-23-27-22-20(32-23)4-3-13-26-22/h1-9,12-13,29H,10-11,14-17H2. The first-order valence-electron chi connectivity index (χ1n) is 10.7. The quantitative estimate of drug-likeness (QED) is 0.453. The molecule has 0 amide bonds. The number of rotatable bonds is 7. The van der Waals surface area contributed by atoms with Crippen LogP contribution in [0.25, 0.3) is 10.3 Å². The van der Waals surface area contributed by atoms with Gasteiger partial charge in [-0.25, -0.2) is 4.98 Å². The Balaban J connectivity index is 1.08. The van der Waals surface area contributed by atoms with E-state index in [1.165, 1.54) is 11.3 Å². The number of nitrogens with zero attached hydrogens (tertiary/aromatic N) is 4. The molecule has 0 atom stereocenters. The fourth-order valence-corrected chi connectivity index (χ4v) is 4.63. The molecule has 0 saturated carbocycles. The van der Waals surface area contributed by atoms with Gasteiger partial charge < -0.3 is 14.6 Å². The molecule has 1 N–H and O–H groups in total. The maximum Gasteiger partial charge on any atom is 0.281 e. The molecule has 0 spiro atoms. The van der Waals surface area contributed by atoms with E-state index in [9.17, 15) is 5.11 Å². The predicted octanol–water partition coefficient (Wildman–Crippen LogP) is 4.24. The van der Waals surface area contributed by atoms with Crippen molar-refractivity contribution >= 4 is 21.7 Å². The van der Waals surface area contributed by atoms with Gasteiger partial charge in [0.05, 0.1) is 10.4 Å². The summed E-state index contributed by atoms with van der Waals surface area (Å²) in [6.07, 6.45) is 4.82. The van der Waals surface area contributed by atoms with Crippen molar-refractivity contribution in [1.29, 1.82) is 0 Å². The molecule has 7 nitrogen and oxygen atoms in total. The van der Waals surface area contributed by atoms with Gasteiger partial charge in [0, 0.05) is 32.0 Å². The number of likely N-dealkylation sites (tertiary alicyclic amines) is 1. The Labute approximate surface area is 190 Å². The van der Waals surface area contributed by atoms with Gasteiger partial charge in [-0.3, -0.25) is 9.88 Å². The van der Waals surface area contributed by atoms with Crippen molar-refractivity contribution in [2.45, 2.75) is 18.4 Å². The van der Waals surface area contributed by atoms with Crippen molar-refractivity contribution in [2.24, 2.45) is 0 Å². The molecule has 0 radical (unpaired) electrons. The molecule has 1 aliphatic heterocycles. The van der Waals surface area contributed by atoms with Crippen LogP contribution in [-0.2, 0) is 5.60 Å². The molecule has 32 heavy (non-hydrogen) atoms. The number of piperidine rings is 1. The van der Waals surface area contributed by atoms with Crippen LogP contribution in [0.15, 0.2) is 67.0 Å². The van der Waals surface area contributed by atoms with E-state index in [4.69, 9.17) is 9.47 Å². The molecule has 5 rings (SSSR count). The number of ether oxygens (including phenoxy) is 2. The summed E-state index contributed by atoms with van der Waals surface area (Å²) in [5.74, 6) is 1.51. The summed E-state index contributed by atoms with van der Waals surface area (Å²) >= 11 is 1.47. The van der Waals surface area contributed by atoms with Gasteiger partial charge >= 0.3 is 0 Å². The highest BCUT2D eigenvalue weighted by Crippen LogP contribution is 2.32. The Bertz CT molecular complexity index is 1130. The molecule has 1 aromatic carbocycles. The summed E-state index contributed by atoms with van der Waals surface area (Å²) < 4.78 is 12.8. The molecule has 3 aromatic heterocycles. The number of aromatic nitrogens is 3. The third-order valence-corrected chi connectivity index (χ3v) is 6.56. The first kappa shape index (κ1) is 20.8. The second-order valence-corrected chi connectivity index (χ2v) is 8.81. The summed E-state index contributed by atoms with van der Waals surface area (Å²) in [5, 5.41) is 11.5. The zero-order valence-corrected chi connectivity index (χ0v) is 18.4. The Morgan fingerprint density at radius 2 is 1.72 bits per heavy atom. The van der Waals surface area contributed by atoms with Crippen molar-refractivity contribution < 1.29 is 14.6 Å². The van der Waals surface area contributed by atoms with Crippen molar-refractivity contribution in [3.63, 3.8) is 0 Å². The molecule has 1 aliphatic rings. The normalized spacial score (nSPS) is 16.2. The molecule has 1 saturated heterocycles. The molecule has 4 heterocycles. The number of hydrogen-bond acceptors (Lipinski definition) is 8. The average Bonchev–Trinajstić information content (AvgIpc) is 3.24. The molecule has 4 aromatic rings. The van der Waals surface area contributed by atoms with Crippen LogP contribution in [-0.4, -0.2) is 51.2 Å². The van der Waals surface area contributed by atoms with E-state index in [0.717, 1.165) is 35.8 Å². The summed E-state index contributed by atoms with van der Waals surface area (Å²) in [6.45, 7) is 3.04. The predicted molar refractivity (Wildman–Crippen MR) is 123 cm³/mol. The fourth-order valence-electron chi connectivity index (χ4n) is 3.83. The topological polar surface area (TPSA) is 80.6 Å². The van der Waals surface area contributed by atoms with Gasteiger partial charge in [0.1, 0.15) is 23.7 Å². The van der Waals surface area contributed by atoms with Gasteiger partial charge in [-0.05, 0) is 61.4 Å². The number of pyridine rings is 2. The summed E-state index contributed by atoms with van der Waals surface area (Å²) in [5.41, 5.74) is 0.636. The lowest BCUT2D eigenvalue weighted by Gasteiger charge is -2.37. The molecule has 0 bridgehead atoms. The van der Waals surface area contributed by atoms with Crippen LogP contribution in [0, 0.1) is 0 Å². The molecular formula is C24H24N4O3S. The van der Waals surface area contributed by atoms with Gasteiger partial charge in [-0.1, -0.05) is 17.4 Å². The first-order chi connectivity index (χ1) is 15.7. The largest absolute Gasteiger partial charge is 0.492 e. The van der Waals surface area contributed by atoms with Crippen LogP contribution in [0.4, 0.5) is 0 Å². The van der Waals surface area contributed by atoms with Crippen LogP contribution >= 0.6 is 11.3 Å². The first-order valence-corrected chi connectivity index (χ1v) is 11.5. The highest BCUT2D eigenvalue weighted by atomic mass is 32.1. The van der Waals surface area contributed by atoms with Gasteiger partial charge in [0.25, 0.3) is 5.19 Å². The number of thiazole rings is 1. The average molecular weight is 449 g/mol. The Morgan fingerprint density at radius 3 is 2.47 bits per heavy atom. The minimum Gasteiger partial charge on any atom is -0.492 e. The van der Waals surface area contributed by atoms with Gasteiger partial charge in [0.2, 0.25) is 0 Å². The van der Waals surface area contributed by atoms with Crippen molar-refractivity contribution in [2.75, 3.05) is 26.2 Å². The second kappa shape index (κ2) is 9.20. The fraction of sp³-hybridized carbons (Fsp3) is 0.292. The monoisotopic (exact) mass is 448 g/mol. The lowest BCUT2D eigenvalue weighted by molar-refractivity contribution is -0.0311. The van der Waals surface area contributed by atoms with Crippen molar-refractivity contribution in [1.82, 2.24) is 19.9 Å². The van der Waals surface area contributed by atoms with Gasteiger partial charge in [-0.2, -0.15) is 4.98 Å². The minimum atomic E-state index is -0.826. The third kappa shape index (κ3) is 4.72. The van der Waals surface area contributed by atoms with Crippen LogP contribution in [0.5, 0.6) is 16.7 Å². The van der Waals surface area contributed by atoms with Crippen molar-refractivity contribution in [3.05, 3.63) is 72.7 Å².